The molecule has 2 aliphatic rings. The van der Waals surface area contributed by atoms with Crippen molar-refractivity contribution in [2.75, 3.05) is 26.2 Å². The van der Waals surface area contributed by atoms with E-state index in [0.29, 0.717) is 5.56 Å². The molecule has 2 saturated heterocycles. The zero-order valence-electron chi connectivity index (χ0n) is 10.8. The SMILES string of the molecule is O=C(NP(=O)(N1CCC1)N1CCC1)c1ccccc1. The summed E-state index contributed by atoms with van der Waals surface area (Å²) >= 11 is 0. The van der Waals surface area contributed by atoms with Gasteiger partial charge in [-0.25, -0.2) is 9.34 Å². The second kappa shape index (κ2) is 5.08. The average Bonchev–Trinajstić information content (AvgIpc) is 2.24. The quantitative estimate of drug-likeness (QED) is 0.856. The summed E-state index contributed by atoms with van der Waals surface area (Å²) in [5.41, 5.74) is 0.559. The van der Waals surface area contributed by atoms with E-state index in [1.807, 2.05) is 27.5 Å². The maximum absolute atomic E-state index is 13.1. The minimum atomic E-state index is -2.88. The monoisotopic (exact) mass is 279 g/mol. The summed E-state index contributed by atoms with van der Waals surface area (Å²) in [4.78, 5) is 12.2. The number of rotatable bonds is 4. The molecule has 0 aromatic heterocycles. The summed E-state index contributed by atoms with van der Waals surface area (Å²) in [6.45, 7) is 3.23. The number of nitrogens with zero attached hydrogens (tertiary/aromatic N) is 2. The largest absolute Gasteiger partial charge is 0.311 e. The first-order valence-corrected chi connectivity index (χ1v) is 8.30. The van der Waals surface area contributed by atoms with Gasteiger partial charge >= 0.3 is 7.59 Å². The van der Waals surface area contributed by atoms with E-state index >= 15 is 0 Å². The smallest absolute Gasteiger partial charge is 0.279 e. The summed E-state index contributed by atoms with van der Waals surface area (Å²) < 4.78 is 16.9. The summed E-state index contributed by atoms with van der Waals surface area (Å²) in [7, 11) is -2.88. The fraction of sp³-hybridized carbons (Fsp3) is 0.462. The number of nitrogens with one attached hydrogen (secondary N) is 1. The van der Waals surface area contributed by atoms with Gasteiger partial charge in [0.15, 0.2) is 0 Å². The van der Waals surface area contributed by atoms with Crippen molar-refractivity contribution in [1.82, 2.24) is 14.4 Å². The minimum absolute atomic E-state index is 0.247. The Bertz CT molecular complexity index is 494. The molecule has 0 spiro atoms. The predicted molar refractivity (Wildman–Crippen MR) is 73.9 cm³/mol. The Morgan fingerprint density at radius 2 is 1.53 bits per heavy atom. The van der Waals surface area contributed by atoms with Gasteiger partial charge in [0.05, 0.1) is 0 Å². The maximum Gasteiger partial charge on any atom is 0.311 e. The molecule has 0 atom stereocenters. The Balaban J connectivity index is 1.78. The highest BCUT2D eigenvalue weighted by atomic mass is 31.2. The molecule has 2 aliphatic heterocycles. The topological polar surface area (TPSA) is 52.7 Å². The third kappa shape index (κ3) is 2.34. The first-order chi connectivity index (χ1) is 9.20. The van der Waals surface area contributed by atoms with Crippen molar-refractivity contribution in [2.24, 2.45) is 0 Å². The van der Waals surface area contributed by atoms with Crippen LogP contribution < -0.4 is 5.09 Å². The van der Waals surface area contributed by atoms with Gasteiger partial charge in [0.1, 0.15) is 0 Å². The molecule has 0 radical (unpaired) electrons. The standard InChI is InChI=1S/C13H18N3O2P/c17-13(12-6-2-1-3-7-12)14-19(18,15-8-4-9-15)16-10-5-11-16/h1-3,6-7H,4-5,8-11H2,(H,14,17,18). The van der Waals surface area contributed by atoms with E-state index in [-0.39, 0.29) is 5.91 Å². The Morgan fingerprint density at radius 1 is 1.00 bits per heavy atom. The third-order valence-corrected chi connectivity index (χ3v) is 6.54. The Labute approximate surface area is 113 Å². The molecule has 3 rings (SSSR count). The molecule has 1 N–H and O–H groups in total. The van der Waals surface area contributed by atoms with Crippen molar-refractivity contribution >= 4 is 13.5 Å². The number of amides is 1. The highest BCUT2D eigenvalue weighted by Crippen LogP contribution is 2.54. The van der Waals surface area contributed by atoms with Gasteiger partial charge in [-0.05, 0) is 25.0 Å². The second-order valence-corrected chi connectivity index (χ2v) is 7.41. The van der Waals surface area contributed by atoms with Crippen LogP contribution in [-0.4, -0.2) is 41.4 Å². The maximum atomic E-state index is 13.1. The number of benzene rings is 1. The lowest BCUT2D eigenvalue weighted by Crippen LogP contribution is -2.50. The second-order valence-electron chi connectivity index (χ2n) is 4.97. The lowest BCUT2D eigenvalue weighted by molar-refractivity contribution is 0.0968. The molecule has 0 aliphatic carbocycles. The third-order valence-electron chi connectivity index (χ3n) is 3.71. The molecule has 19 heavy (non-hydrogen) atoms. The van der Waals surface area contributed by atoms with Crippen molar-refractivity contribution in [1.29, 1.82) is 0 Å². The van der Waals surface area contributed by atoms with Crippen LogP contribution in [0.2, 0.25) is 0 Å². The zero-order valence-corrected chi connectivity index (χ0v) is 11.7. The van der Waals surface area contributed by atoms with Gasteiger partial charge in [-0.1, -0.05) is 18.2 Å². The molecule has 102 valence electrons. The first-order valence-electron chi connectivity index (χ1n) is 6.69. The molecule has 2 fully saturated rings. The van der Waals surface area contributed by atoms with Gasteiger partial charge in [-0.2, -0.15) is 0 Å². The normalized spacial score (nSPS) is 20.4. The van der Waals surface area contributed by atoms with Gasteiger partial charge < -0.3 is 0 Å². The predicted octanol–water partition coefficient (Wildman–Crippen LogP) is 1.94. The van der Waals surface area contributed by atoms with Gasteiger partial charge in [0, 0.05) is 31.7 Å². The van der Waals surface area contributed by atoms with E-state index in [0.717, 1.165) is 39.0 Å². The summed E-state index contributed by atoms with van der Waals surface area (Å²) in [6, 6.07) is 8.97. The number of hydrogen-bond donors (Lipinski definition) is 1. The lowest BCUT2D eigenvalue weighted by atomic mass is 10.2. The zero-order chi connectivity index (χ0) is 13.3. The molecule has 5 nitrogen and oxygen atoms in total. The van der Waals surface area contributed by atoms with Crippen LogP contribution in [0.5, 0.6) is 0 Å². The lowest BCUT2D eigenvalue weighted by Gasteiger charge is -2.46. The van der Waals surface area contributed by atoms with Gasteiger partial charge in [0.25, 0.3) is 5.91 Å². The van der Waals surface area contributed by atoms with E-state index in [1.165, 1.54) is 0 Å². The first kappa shape index (κ1) is 12.9. The molecule has 1 amide bonds. The number of carbonyl (C=O) groups is 1. The van der Waals surface area contributed by atoms with E-state index in [1.54, 1.807) is 12.1 Å². The van der Waals surface area contributed by atoms with Crippen LogP contribution in [0.1, 0.15) is 23.2 Å². The van der Waals surface area contributed by atoms with E-state index < -0.39 is 7.59 Å². The molecule has 0 unspecified atom stereocenters. The van der Waals surface area contributed by atoms with Crippen LogP contribution >= 0.6 is 7.59 Å². The molecule has 1 aromatic carbocycles. The highest BCUT2D eigenvalue weighted by molar-refractivity contribution is 7.57. The highest BCUT2D eigenvalue weighted by Gasteiger charge is 2.43. The summed E-state index contributed by atoms with van der Waals surface area (Å²) in [5, 5.41) is 2.78. The fourth-order valence-electron chi connectivity index (χ4n) is 2.25. The number of hydrogen-bond acceptors (Lipinski definition) is 2. The average molecular weight is 279 g/mol. The van der Waals surface area contributed by atoms with E-state index in [4.69, 9.17) is 0 Å². The van der Waals surface area contributed by atoms with Crippen molar-refractivity contribution in [3.8, 4) is 0 Å². The van der Waals surface area contributed by atoms with Gasteiger partial charge in [0.2, 0.25) is 0 Å². The molecule has 0 saturated carbocycles. The van der Waals surface area contributed by atoms with Crippen molar-refractivity contribution in [3.63, 3.8) is 0 Å². The molecule has 1 aromatic rings. The Kier molecular flexibility index (Phi) is 3.44. The van der Waals surface area contributed by atoms with Crippen LogP contribution in [0.15, 0.2) is 30.3 Å². The molecule has 2 heterocycles. The van der Waals surface area contributed by atoms with E-state index in [2.05, 4.69) is 5.09 Å². The van der Waals surface area contributed by atoms with E-state index in [9.17, 15) is 9.36 Å². The van der Waals surface area contributed by atoms with Crippen LogP contribution in [0.25, 0.3) is 0 Å². The van der Waals surface area contributed by atoms with Crippen molar-refractivity contribution in [3.05, 3.63) is 35.9 Å². The minimum Gasteiger partial charge on any atom is -0.279 e. The fourth-order valence-corrected chi connectivity index (χ4v) is 4.93. The van der Waals surface area contributed by atoms with Gasteiger partial charge in [-0.3, -0.25) is 14.4 Å². The number of carbonyl (C=O) groups excluding carboxylic acids is 1. The molecular weight excluding hydrogens is 261 g/mol. The van der Waals surface area contributed by atoms with Crippen molar-refractivity contribution in [2.45, 2.75) is 12.8 Å². The van der Waals surface area contributed by atoms with Crippen LogP contribution in [-0.2, 0) is 4.57 Å². The van der Waals surface area contributed by atoms with Crippen LogP contribution in [0.3, 0.4) is 0 Å². The van der Waals surface area contributed by atoms with Gasteiger partial charge in [-0.15, -0.1) is 0 Å². The molecule has 0 bridgehead atoms. The summed E-state index contributed by atoms with van der Waals surface area (Å²) in [6.07, 6.45) is 2.11. The molecular formula is C13H18N3O2P. The van der Waals surface area contributed by atoms with Crippen LogP contribution in [0.4, 0.5) is 0 Å². The van der Waals surface area contributed by atoms with Crippen molar-refractivity contribution < 1.29 is 9.36 Å². The molecule has 6 heteroatoms. The Morgan fingerprint density at radius 3 is 1.95 bits per heavy atom. The van der Waals surface area contributed by atoms with Crippen LogP contribution in [0, 0.1) is 0 Å². The Hall–Kier alpha value is -1.16. The summed E-state index contributed by atoms with van der Waals surface area (Å²) in [5.74, 6) is -0.247.